The van der Waals surface area contributed by atoms with Crippen molar-refractivity contribution < 1.29 is 31.5 Å². The second-order valence-electron chi connectivity index (χ2n) is 3.77. The van der Waals surface area contributed by atoms with Crippen LogP contribution >= 0.6 is 11.3 Å². The third-order valence-electron chi connectivity index (χ3n) is 2.23. The lowest BCUT2D eigenvalue weighted by atomic mass is 10.2. The Labute approximate surface area is 123 Å². The van der Waals surface area contributed by atoms with Crippen LogP contribution in [0.5, 0.6) is 5.75 Å². The van der Waals surface area contributed by atoms with Gasteiger partial charge in [-0.05, 0) is 24.3 Å². The monoisotopic (exact) mass is 339 g/mol. The van der Waals surface area contributed by atoms with Crippen molar-refractivity contribution in [3.63, 3.8) is 0 Å². The van der Waals surface area contributed by atoms with Gasteiger partial charge in [-0.2, -0.15) is 22.0 Å². The summed E-state index contributed by atoms with van der Waals surface area (Å²) in [5.74, 6) is -0.907. The molecular weight excluding hydrogens is 333 g/mol. The number of carbonyl (C=O) groups is 1. The van der Waals surface area contributed by atoms with Crippen LogP contribution in [0.25, 0.3) is 0 Å². The summed E-state index contributed by atoms with van der Waals surface area (Å²) in [6.07, 6.45) is -4.64. The average molecular weight is 339 g/mol. The fourth-order valence-electron chi connectivity index (χ4n) is 1.35. The standard InChI is InChI=1S/C11H6F5N3O2S/c12-9(13)21-6-3-1-5(2-4-6)7(20)17-10-19-18-8(22-10)11(14,15)16/h1-4,9H,(H,17,19,20). The molecular formula is C11H6F5N3O2S. The lowest BCUT2D eigenvalue weighted by Gasteiger charge is -2.05. The van der Waals surface area contributed by atoms with E-state index in [-0.39, 0.29) is 27.8 Å². The number of aromatic nitrogens is 2. The summed E-state index contributed by atoms with van der Waals surface area (Å²) < 4.78 is 65.0. The van der Waals surface area contributed by atoms with Crippen LogP contribution in [0.4, 0.5) is 27.1 Å². The molecule has 0 saturated carbocycles. The van der Waals surface area contributed by atoms with Gasteiger partial charge in [0.15, 0.2) is 0 Å². The van der Waals surface area contributed by atoms with Crippen LogP contribution in [0, 0.1) is 0 Å². The first-order chi connectivity index (χ1) is 10.3. The van der Waals surface area contributed by atoms with Gasteiger partial charge in [0.05, 0.1) is 0 Å². The van der Waals surface area contributed by atoms with Crippen LogP contribution in [0.3, 0.4) is 0 Å². The Hall–Kier alpha value is -2.30. The molecule has 118 valence electrons. The van der Waals surface area contributed by atoms with E-state index >= 15 is 0 Å². The Bertz CT molecular complexity index is 656. The molecule has 1 N–H and O–H groups in total. The van der Waals surface area contributed by atoms with E-state index in [0.717, 1.165) is 12.1 Å². The van der Waals surface area contributed by atoms with Crippen LogP contribution in [-0.4, -0.2) is 22.7 Å². The molecule has 0 aliphatic carbocycles. The van der Waals surface area contributed by atoms with Crippen LogP contribution in [0.15, 0.2) is 24.3 Å². The Morgan fingerprint density at radius 1 is 1.18 bits per heavy atom. The highest BCUT2D eigenvalue weighted by molar-refractivity contribution is 7.15. The average Bonchev–Trinajstić information content (AvgIpc) is 2.87. The first-order valence-corrected chi connectivity index (χ1v) is 6.34. The molecule has 1 aromatic heterocycles. The van der Waals surface area contributed by atoms with Crippen LogP contribution in [-0.2, 0) is 6.18 Å². The molecule has 5 nitrogen and oxygen atoms in total. The molecule has 1 heterocycles. The number of hydrogen-bond donors (Lipinski definition) is 1. The molecule has 0 aliphatic rings. The number of halogens is 5. The van der Waals surface area contributed by atoms with Crippen LogP contribution in [0.2, 0.25) is 0 Å². The molecule has 2 rings (SSSR count). The normalized spacial score (nSPS) is 11.5. The van der Waals surface area contributed by atoms with Gasteiger partial charge >= 0.3 is 12.8 Å². The lowest BCUT2D eigenvalue weighted by molar-refractivity contribution is -0.138. The second-order valence-corrected chi connectivity index (χ2v) is 4.74. The third kappa shape index (κ3) is 4.10. The molecule has 1 amide bonds. The summed E-state index contributed by atoms with van der Waals surface area (Å²) in [7, 11) is 0. The highest BCUT2D eigenvalue weighted by atomic mass is 32.1. The molecule has 11 heteroatoms. The first-order valence-electron chi connectivity index (χ1n) is 5.52. The van der Waals surface area contributed by atoms with Crippen molar-refractivity contribution in [2.24, 2.45) is 0 Å². The van der Waals surface area contributed by atoms with E-state index in [4.69, 9.17) is 0 Å². The molecule has 0 bridgehead atoms. The van der Waals surface area contributed by atoms with Gasteiger partial charge in [0.2, 0.25) is 10.1 Å². The quantitative estimate of drug-likeness (QED) is 0.867. The van der Waals surface area contributed by atoms with Gasteiger partial charge in [-0.3, -0.25) is 10.1 Å². The Balaban J connectivity index is 2.04. The predicted molar refractivity (Wildman–Crippen MR) is 65.9 cm³/mol. The number of nitrogens with one attached hydrogen (secondary N) is 1. The van der Waals surface area contributed by atoms with Crippen LogP contribution in [0.1, 0.15) is 15.4 Å². The number of benzene rings is 1. The Morgan fingerprint density at radius 2 is 1.82 bits per heavy atom. The highest BCUT2D eigenvalue weighted by Gasteiger charge is 2.35. The summed E-state index contributed by atoms with van der Waals surface area (Å²) in [6.45, 7) is -3.00. The van der Waals surface area contributed by atoms with Crippen molar-refractivity contribution in [3.8, 4) is 5.75 Å². The molecule has 0 atom stereocenters. The van der Waals surface area contributed by atoms with E-state index in [0.29, 0.717) is 0 Å². The number of alkyl halides is 5. The van der Waals surface area contributed by atoms with Crippen molar-refractivity contribution in [1.82, 2.24) is 10.2 Å². The topological polar surface area (TPSA) is 64.1 Å². The summed E-state index contributed by atoms with van der Waals surface area (Å²) in [5.41, 5.74) is 0.0328. The highest BCUT2D eigenvalue weighted by Crippen LogP contribution is 2.33. The molecule has 0 unspecified atom stereocenters. The fraction of sp³-hybridized carbons (Fsp3) is 0.182. The van der Waals surface area contributed by atoms with E-state index < -0.39 is 23.7 Å². The van der Waals surface area contributed by atoms with Gasteiger partial charge in [0.1, 0.15) is 5.75 Å². The van der Waals surface area contributed by atoms with Gasteiger partial charge in [-0.25, -0.2) is 0 Å². The minimum Gasteiger partial charge on any atom is -0.435 e. The third-order valence-corrected chi connectivity index (χ3v) is 3.11. The fourth-order valence-corrected chi connectivity index (χ4v) is 1.95. The van der Waals surface area contributed by atoms with E-state index in [2.05, 4.69) is 20.3 Å². The molecule has 0 radical (unpaired) electrons. The predicted octanol–water partition coefficient (Wildman–Crippen LogP) is 3.41. The van der Waals surface area contributed by atoms with Gasteiger partial charge in [0, 0.05) is 5.56 Å². The molecule has 0 spiro atoms. The summed E-state index contributed by atoms with van der Waals surface area (Å²) in [5, 5.41) is 6.71. The number of nitrogens with zero attached hydrogens (tertiary/aromatic N) is 2. The second kappa shape index (κ2) is 6.22. The summed E-state index contributed by atoms with van der Waals surface area (Å²) in [4.78, 5) is 11.8. The summed E-state index contributed by atoms with van der Waals surface area (Å²) >= 11 is 0.171. The molecule has 0 saturated heterocycles. The van der Waals surface area contributed by atoms with E-state index in [9.17, 15) is 26.7 Å². The van der Waals surface area contributed by atoms with E-state index in [1.807, 2.05) is 0 Å². The largest absolute Gasteiger partial charge is 0.445 e. The minimum absolute atomic E-state index is 0.0328. The molecule has 2 aromatic rings. The molecule has 22 heavy (non-hydrogen) atoms. The number of hydrogen-bond acceptors (Lipinski definition) is 5. The molecule has 1 aromatic carbocycles. The van der Waals surface area contributed by atoms with Gasteiger partial charge < -0.3 is 4.74 Å². The maximum absolute atomic E-state index is 12.3. The number of amides is 1. The molecule has 0 fully saturated rings. The van der Waals surface area contributed by atoms with Crippen LogP contribution < -0.4 is 10.1 Å². The van der Waals surface area contributed by atoms with Crippen molar-refractivity contribution in [2.75, 3.05) is 5.32 Å². The van der Waals surface area contributed by atoms with Gasteiger partial charge in [-0.15, -0.1) is 10.2 Å². The smallest absolute Gasteiger partial charge is 0.435 e. The maximum atomic E-state index is 12.3. The molecule has 0 aliphatic heterocycles. The van der Waals surface area contributed by atoms with Gasteiger partial charge in [0.25, 0.3) is 5.91 Å². The van der Waals surface area contributed by atoms with Gasteiger partial charge in [-0.1, -0.05) is 11.3 Å². The van der Waals surface area contributed by atoms with E-state index in [1.165, 1.54) is 12.1 Å². The zero-order valence-electron chi connectivity index (χ0n) is 10.4. The summed E-state index contributed by atoms with van der Waals surface area (Å²) in [6, 6.07) is 4.61. The van der Waals surface area contributed by atoms with Crippen molar-refractivity contribution >= 4 is 22.4 Å². The lowest BCUT2D eigenvalue weighted by Crippen LogP contribution is -2.11. The SMILES string of the molecule is O=C(Nc1nnc(C(F)(F)F)s1)c1ccc(OC(F)F)cc1. The minimum atomic E-state index is -4.64. The Morgan fingerprint density at radius 3 is 2.32 bits per heavy atom. The first kappa shape index (κ1) is 16.1. The van der Waals surface area contributed by atoms with E-state index in [1.54, 1.807) is 0 Å². The number of anilines is 1. The number of carbonyl (C=O) groups excluding carboxylic acids is 1. The number of rotatable bonds is 4. The van der Waals surface area contributed by atoms with Crippen molar-refractivity contribution in [3.05, 3.63) is 34.8 Å². The van der Waals surface area contributed by atoms with Crippen molar-refractivity contribution in [1.29, 1.82) is 0 Å². The number of ether oxygens (including phenoxy) is 1. The zero-order chi connectivity index (χ0) is 16.3. The maximum Gasteiger partial charge on any atom is 0.445 e. The van der Waals surface area contributed by atoms with Crippen molar-refractivity contribution in [2.45, 2.75) is 12.8 Å². The Kier molecular flexibility index (Phi) is 4.54. The zero-order valence-corrected chi connectivity index (χ0v) is 11.2.